The van der Waals surface area contributed by atoms with Gasteiger partial charge in [-0.05, 0) is 43.4 Å². The molecule has 16 heavy (non-hydrogen) atoms. The van der Waals surface area contributed by atoms with E-state index in [4.69, 9.17) is 4.74 Å². The van der Waals surface area contributed by atoms with Crippen molar-refractivity contribution in [2.45, 2.75) is 46.0 Å². The third-order valence-corrected chi connectivity index (χ3v) is 4.56. The van der Waals surface area contributed by atoms with Gasteiger partial charge < -0.3 is 9.84 Å². The number of hydrogen-bond donors (Lipinski definition) is 1. The molecule has 3 heteroatoms. The lowest BCUT2D eigenvalue weighted by atomic mass is 9.68. The van der Waals surface area contributed by atoms with Crippen LogP contribution in [0.4, 0.5) is 0 Å². The van der Waals surface area contributed by atoms with E-state index in [2.05, 4.69) is 13.8 Å². The summed E-state index contributed by atoms with van der Waals surface area (Å²) in [6.07, 6.45) is 4.68. The Morgan fingerprint density at radius 3 is 2.31 bits per heavy atom. The minimum absolute atomic E-state index is 0.325. The molecule has 0 spiro atoms. The molecule has 2 fully saturated rings. The average Bonchev–Trinajstić information content (AvgIpc) is 2.60. The van der Waals surface area contributed by atoms with Crippen LogP contribution in [-0.2, 0) is 9.53 Å². The first-order chi connectivity index (χ1) is 7.46. The van der Waals surface area contributed by atoms with Gasteiger partial charge in [-0.2, -0.15) is 0 Å². The largest absolute Gasteiger partial charge is 0.481 e. The van der Waals surface area contributed by atoms with Crippen LogP contribution in [0.25, 0.3) is 0 Å². The van der Waals surface area contributed by atoms with E-state index in [0.717, 1.165) is 19.3 Å². The Bertz CT molecular complexity index is 277. The van der Waals surface area contributed by atoms with Crippen molar-refractivity contribution in [1.29, 1.82) is 0 Å². The molecule has 1 aliphatic carbocycles. The number of rotatable bonds is 2. The van der Waals surface area contributed by atoms with Gasteiger partial charge in [0.25, 0.3) is 0 Å². The molecule has 0 aromatic carbocycles. The van der Waals surface area contributed by atoms with Crippen LogP contribution in [0.5, 0.6) is 0 Å². The van der Waals surface area contributed by atoms with Crippen molar-refractivity contribution in [1.82, 2.24) is 0 Å². The van der Waals surface area contributed by atoms with E-state index in [0.29, 0.717) is 37.4 Å². The molecular weight excluding hydrogens is 204 g/mol. The van der Waals surface area contributed by atoms with Gasteiger partial charge in [-0.3, -0.25) is 4.79 Å². The van der Waals surface area contributed by atoms with Crippen molar-refractivity contribution in [3.63, 3.8) is 0 Å². The van der Waals surface area contributed by atoms with Gasteiger partial charge in [0.05, 0.1) is 5.41 Å². The molecule has 0 bridgehead atoms. The van der Waals surface area contributed by atoms with Crippen LogP contribution < -0.4 is 0 Å². The van der Waals surface area contributed by atoms with E-state index in [1.165, 1.54) is 0 Å². The number of ether oxygens (including phenoxy) is 1. The summed E-state index contributed by atoms with van der Waals surface area (Å²) in [5, 5.41) is 9.56. The maximum atomic E-state index is 11.6. The van der Waals surface area contributed by atoms with Gasteiger partial charge in [0.2, 0.25) is 0 Å². The number of hydrogen-bond acceptors (Lipinski definition) is 2. The third-order valence-electron chi connectivity index (χ3n) is 4.56. The zero-order valence-corrected chi connectivity index (χ0v) is 10.3. The van der Waals surface area contributed by atoms with Gasteiger partial charge in [0.1, 0.15) is 0 Å². The molecule has 1 saturated heterocycles. The molecule has 1 unspecified atom stereocenters. The Hall–Kier alpha value is -0.570. The molecule has 92 valence electrons. The molecule has 0 amide bonds. The number of aliphatic carboxylic acids is 1. The number of carbonyl (C=O) groups is 1. The predicted octanol–water partition coefficient (Wildman–Crippen LogP) is 2.69. The van der Waals surface area contributed by atoms with E-state index >= 15 is 0 Å². The first-order valence-corrected chi connectivity index (χ1v) is 6.27. The highest BCUT2D eigenvalue weighted by molar-refractivity contribution is 5.75. The van der Waals surface area contributed by atoms with Gasteiger partial charge in [0, 0.05) is 13.2 Å². The van der Waals surface area contributed by atoms with Crippen LogP contribution in [0.2, 0.25) is 0 Å². The molecule has 1 heterocycles. The van der Waals surface area contributed by atoms with Gasteiger partial charge in [0.15, 0.2) is 0 Å². The van der Waals surface area contributed by atoms with Crippen LogP contribution >= 0.6 is 0 Å². The highest BCUT2D eigenvalue weighted by Gasteiger charge is 2.50. The summed E-state index contributed by atoms with van der Waals surface area (Å²) in [7, 11) is 0. The van der Waals surface area contributed by atoms with E-state index in [-0.39, 0.29) is 0 Å². The molecule has 0 aromatic rings. The van der Waals surface area contributed by atoms with Crippen LogP contribution in [0.15, 0.2) is 0 Å². The van der Waals surface area contributed by atoms with E-state index in [1.807, 2.05) is 0 Å². The monoisotopic (exact) mass is 226 g/mol. The minimum atomic E-state index is -0.599. The maximum absolute atomic E-state index is 11.6. The van der Waals surface area contributed by atoms with Crippen molar-refractivity contribution >= 4 is 5.97 Å². The quantitative estimate of drug-likeness (QED) is 0.787. The zero-order valence-electron chi connectivity index (χ0n) is 10.3. The normalized spacial score (nSPS) is 32.5. The number of carboxylic acids is 1. The van der Waals surface area contributed by atoms with Gasteiger partial charge >= 0.3 is 5.97 Å². The molecule has 1 saturated carbocycles. The van der Waals surface area contributed by atoms with Crippen LogP contribution in [-0.4, -0.2) is 24.3 Å². The first kappa shape index (κ1) is 11.9. The Morgan fingerprint density at radius 1 is 1.25 bits per heavy atom. The zero-order chi connectivity index (χ0) is 11.8. The summed E-state index contributed by atoms with van der Waals surface area (Å²) in [6.45, 7) is 5.73. The Balaban J connectivity index is 2.17. The summed E-state index contributed by atoms with van der Waals surface area (Å²) in [4.78, 5) is 11.6. The molecular formula is C13H22O3. The lowest BCUT2D eigenvalue weighted by Crippen LogP contribution is -2.42. The molecule has 3 nitrogen and oxygen atoms in total. The van der Waals surface area contributed by atoms with E-state index in [1.54, 1.807) is 0 Å². The smallest absolute Gasteiger partial charge is 0.310 e. The van der Waals surface area contributed by atoms with Crippen molar-refractivity contribution in [2.75, 3.05) is 13.2 Å². The second-order valence-corrected chi connectivity index (χ2v) is 6.18. The number of carboxylic acid groups (broad SMARTS) is 1. The summed E-state index contributed by atoms with van der Waals surface area (Å²) in [6, 6.07) is 0. The van der Waals surface area contributed by atoms with E-state index < -0.39 is 11.4 Å². The fraction of sp³-hybridized carbons (Fsp3) is 0.923. The first-order valence-electron chi connectivity index (χ1n) is 6.27. The molecule has 2 aliphatic rings. The van der Waals surface area contributed by atoms with Crippen molar-refractivity contribution < 1.29 is 14.6 Å². The molecule has 0 aromatic heterocycles. The van der Waals surface area contributed by atoms with Crippen molar-refractivity contribution in [3.8, 4) is 0 Å². The molecule has 1 N–H and O–H groups in total. The average molecular weight is 226 g/mol. The summed E-state index contributed by atoms with van der Waals surface area (Å²) >= 11 is 0. The van der Waals surface area contributed by atoms with Gasteiger partial charge in [-0.1, -0.05) is 13.8 Å². The SMILES string of the molecule is CC1(C)CCC(C2(C(=O)O)CCOCC2)C1. The lowest BCUT2D eigenvalue weighted by Gasteiger charge is -2.38. The second-order valence-electron chi connectivity index (χ2n) is 6.18. The Kier molecular flexibility index (Phi) is 2.99. The fourth-order valence-electron chi connectivity index (χ4n) is 3.44. The molecule has 1 atom stereocenters. The molecule has 2 rings (SSSR count). The lowest BCUT2D eigenvalue weighted by molar-refractivity contribution is -0.160. The highest BCUT2D eigenvalue weighted by Crippen LogP contribution is 2.52. The van der Waals surface area contributed by atoms with Crippen LogP contribution in [0.3, 0.4) is 0 Å². The summed E-state index contributed by atoms with van der Waals surface area (Å²) in [5.41, 5.74) is -0.169. The summed E-state index contributed by atoms with van der Waals surface area (Å²) in [5.74, 6) is -0.248. The van der Waals surface area contributed by atoms with Crippen LogP contribution in [0, 0.1) is 16.7 Å². The van der Waals surface area contributed by atoms with Crippen molar-refractivity contribution in [3.05, 3.63) is 0 Å². The Morgan fingerprint density at radius 2 is 1.88 bits per heavy atom. The molecule has 1 aliphatic heterocycles. The van der Waals surface area contributed by atoms with Gasteiger partial charge in [-0.15, -0.1) is 0 Å². The topological polar surface area (TPSA) is 46.5 Å². The predicted molar refractivity (Wildman–Crippen MR) is 61.2 cm³/mol. The third kappa shape index (κ3) is 1.97. The minimum Gasteiger partial charge on any atom is -0.481 e. The van der Waals surface area contributed by atoms with Crippen molar-refractivity contribution in [2.24, 2.45) is 16.7 Å². The second kappa shape index (κ2) is 4.02. The standard InChI is InChI=1S/C13H22O3/c1-12(2)4-3-10(9-12)13(11(14)15)5-7-16-8-6-13/h10H,3-9H2,1-2H3,(H,14,15). The van der Waals surface area contributed by atoms with E-state index in [9.17, 15) is 9.90 Å². The highest BCUT2D eigenvalue weighted by atomic mass is 16.5. The van der Waals surface area contributed by atoms with Crippen LogP contribution in [0.1, 0.15) is 46.0 Å². The van der Waals surface area contributed by atoms with Gasteiger partial charge in [-0.25, -0.2) is 0 Å². The molecule has 0 radical (unpaired) electrons. The Labute approximate surface area is 97.2 Å². The fourth-order valence-corrected chi connectivity index (χ4v) is 3.44. The maximum Gasteiger partial charge on any atom is 0.310 e. The summed E-state index contributed by atoms with van der Waals surface area (Å²) < 4.78 is 5.32.